The molecular formula is C17H24N4. The number of hydrogen-bond acceptors (Lipinski definition) is 4. The summed E-state index contributed by atoms with van der Waals surface area (Å²) in [5.41, 5.74) is 2.44. The molecule has 1 atom stereocenters. The van der Waals surface area contributed by atoms with Gasteiger partial charge in [-0.25, -0.2) is 9.97 Å². The van der Waals surface area contributed by atoms with E-state index in [2.05, 4.69) is 57.9 Å². The van der Waals surface area contributed by atoms with E-state index >= 15 is 0 Å². The molecule has 1 unspecified atom stereocenters. The van der Waals surface area contributed by atoms with Crippen LogP contribution < -0.4 is 10.6 Å². The molecule has 1 aromatic heterocycles. The molecule has 1 aromatic carbocycles. The van der Waals surface area contributed by atoms with Gasteiger partial charge in [0, 0.05) is 18.7 Å². The van der Waals surface area contributed by atoms with Crippen molar-refractivity contribution in [3.8, 4) is 0 Å². The minimum Gasteiger partial charge on any atom is -0.373 e. The Morgan fingerprint density at radius 3 is 2.38 bits per heavy atom. The predicted octanol–water partition coefficient (Wildman–Crippen LogP) is 3.57. The van der Waals surface area contributed by atoms with Crippen LogP contribution in [0.25, 0.3) is 0 Å². The maximum Gasteiger partial charge on any atom is 0.134 e. The number of hydrogen-bond donors (Lipinski definition) is 2. The topological polar surface area (TPSA) is 49.8 Å². The third-order valence-corrected chi connectivity index (χ3v) is 3.59. The van der Waals surface area contributed by atoms with Gasteiger partial charge in [-0.2, -0.15) is 0 Å². The molecule has 0 spiro atoms. The second-order valence-electron chi connectivity index (χ2n) is 5.41. The van der Waals surface area contributed by atoms with E-state index in [4.69, 9.17) is 0 Å². The first-order valence-electron chi connectivity index (χ1n) is 7.43. The van der Waals surface area contributed by atoms with Gasteiger partial charge >= 0.3 is 0 Å². The first-order chi connectivity index (χ1) is 10.1. The first-order valence-corrected chi connectivity index (χ1v) is 7.43. The minimum absolute atomic E-state index is 0.364. The van der Waals surface area contributed by atoms with Crippen molar-refractivity contribution in [2.24, 2.45) is 0 Å². The molecule has 0 aliphatic carbocycles. The van der Waals surface area contributed by atoms with Crippen molar-refractivity contribution < 1.29 is 0 Å². The van der Waals surface area contributed by atoms with E-state index in [1.807, 2.05) is 20.9 Å². The second-order valence-corrected chi connectivity index (χ2v) is 5.41. The highest BCUT2D eigenvalue weighted by atomic mass is 15.1. The molecule has 4 heteroatoms. The van der Waals surface area contributed by atoms with Crippen molar-refractivity contribution >= 4 is 11.6 Å². The van der Waals surface area contributed by atoms with E-state index in [-0.39, 0.29) is 0 Å². The Balaban J connectivity index is 1.99. The van der Waals surface area contributed by atoms with Gasteiger partial charge in [-0.3, -0.25) is 0 Å². The highest BCUT2D eigenvalue weighted by Gasteiger charge is 2.10. The third-order valence-electron chi connectivity index (χ3n) is 3.59. The molecule has 112 valence electrons. The highest BCUT2D eigenvalue weighted by molar-refractivity contribution is 5.57. The van der Waals surface area contributed by atoms with Crippen LogP contribution in [-0.4, -0.2) is 23.1 Å². The fourth-order valence-electron chi connectivity index (χ4n) is 2.35. The molecule has 0 aliphatic heterocycles. The molecule has 2 rings (SSSR count). The number of anilines is 2. The van der Waals surface area contributed by atoms with Gasteiger partial charge in [0.1, 0.15) is 17.5 Å². The van der Waals surface area contributed by atoms with Crippen molar-refractivity contribution in [1.29, 1.82) is 0 Å². The molecule has 4 nitrogen and oxygen atoms in total. The summed E-state index contributed by atoms with van der Waals surface area (Å²) >= 11 is 0. The number of nitrogens with one attached hydrogen (secondary N) is 2. The number of aromatic nitrogens is 2. The van der Waals surface area contributed by atoms with Gasteiger partial charge in [-0.15, -0.1) is 0 Å². The average molecular weight is 284 g/mol. The summed E-state index contributed by atoms with van der Waals surface area (Å²) in [5.74, 6) is 2.59. The van der Waals surface area contributed by atoms with E-state index in [0.29, 0.717) is 6.04 Å². The van der Waals surface area contributed by atoms with Crippen LogP contribution in [0, 0.1) is 13.8 Å². The van der Waals surface area contributed by atoms with Crippen LogP contribution in [0.2, 0.25) is 0 Å². The summed E-state index contributed by atoms with van der Waals surface area (Å²) in [6, 6.07) is 10.9. The van der Waals surface area contributed by atoms with Crippen molar-refractivity contribution in [2.75, 3.05) is 17.7 Å². The Bertz CT molecular complexity index is 581. The minimum atomic E-state index is 0.364. The number of benzene rings is 1. The van der Waals surface area contributed by atoms with Crippen LogP contribution >= 0.6 is 0 Å². The summed E-state index contributed by atoms with van der Waals surface area (Å²) in [4.78, 5) is 8.90. The lowest BCUT2D eigenvalue weighted by Gasteiger charge is -2.18. The Labute approximate surface area is 127 Å². The molecule has 0 saturated carbocycles. The van der Waals surface area contributed by atoms with Gasteiger partial charge in [-0.05, 0) is 39.2 Å². The second kappa shape index (κ2) is 7.07. The third kappa shape index (κ3) is 4.18. The van der Waals surface area contributed by atoms with Crippen molar-refractivity contribution in [1.82, 2.24) is 9.97 Å². The lowest BCUT2D eigenvalue weighted by atomic mass is 10.1. The van der Waals surface area contributed by atoms with Crippen molar-refractivity contribution in [2.45, 2.75) is 39.7 Å². The quantitative estimate of drug-likeness (QED) is 0.851. The summed E-state index contributed by atoms with van der Waals surface area (Å²) < 4.78 is 0. The lowest BCUT2D eigenvalue weighted by molar-refractivity contribution is 0.701. The molecule has 0 aliphatic rings. The average Bonchev–Trinajstić information content (AvgIpc) is 2.49. The monoisotopic (exact) mass is 284 g/mol. The van der Waals surface area contributed by atoms with Gasteiger partial charge in [0.2, 0.25) is 0 Å². The zero-order valence-corrected chi connectivity index (χ0v) is 13.3. The summed E-state index contributed by atoms with van der Waals surface area (Å²) in [6.07, 6.45) is 2.14. The van der Waals surface area contributed by atoms with Crippen LogP contribution in [0.15, 0.2) is 30.3 Å². The number of aryl methyl sites for hydroxylation is 2. The zero-order chi connectivity index (χ0) is 15.2. The van der Waals surface area contributed by atoms with E-state index in [9.17, 15) is 0 Å². The van der Waals surface area contributed by atoms with E-state index < -0.39 is 0 Å². The molecule has 0 fully saturated rings. The maximum absolute atomic E-state index is 4.51. The van der Waals surface area contributed by atoms with Gasteiger partial charge in [-0.1, -0.05) is 30.3 Å². The summed E-state index contributed by atoms with van der Waals surface area (Å²) in [6.45, 7) is 6.15. The largest absolute Gasteiger partial charge is 0.373 e. The van der Waals surface area contributed by atoms with Crippen LogP contribution in [-0.2, 0) is 6.42 Å². The Kier molecular flexibility index (Phi) is 5.14. The summed E-state index contributed by atoms with van der Waals surface area (Å²) in [5, 5.41) is 6.62. The standard InChI is InChI=1S/C17H24N4/c1-12(10-11-15-8-6-5-7-9-15)19-17-13(2)16(18-4)20-14(3)21-17/h5-9,12H,10-11H2,1-4H3,(H2,18,19,20,21). The molecular weight excluding hydrogens is 260 g/mol. The Morgan fingerprint density at radius 2 is 1.71 bits per heavy atom. The van der Waals surface area contributed by atoms with Crippen LogP contribution in [0.5, 0.6) is 0 Å². The van der Waals surface area contributed by atoms with E-state index in [1.165, 1.54) is 5.56 Å². The first kappa shape index (κ1) is 15.3. The molecule has 0 saturated heterocycles. The molecule has 2 N–H and O–H groups in total. The van der Waals surface area contributed by atoms with Gasteiger partial charge in [0.05, 0.1) is 0 Å². The maximum atomic E-state index is 4.51. The number of rotatable bonds is 6. The number of nitrogens with zero attached hydrogens (tertiary/aromatic N) is 2. The molecule has 21 heavy (non-hydrogen) atoms. The van der Waals surface area contributed by atoms with Gasteiger partial charge in [0.25, 0.3) is 0 Å². The fraction of sp³-hybridized carbons (Fsp3) is 0.412. The molecule has 0 radical (unpaired) electrons. The smallest absolute Gasteiger partial charge is 0.134 e. The van der Waals surface area contributed by atoms with E-state index in [1.54, 1.807) is 0 Å². The zero-order valence-electron chi connectivity index (χ0n) is 13.3. The Hall–Kier alpha value is -2.10. The van der Waals surface area contributed by atoms with Gasteiger partial charge in [0.15, 0.2) is 0 Å². The molecule has 0 amide bonds. The highest BCUT2D eigenvalue weighted by Crippen LogP contribution is 2.20. The molecule has 0 bridgehead atoms. The van der Waals surface area contributed by atoms with Gasteiger partial charge < -0.3 is 10.6 Å². The van der Waals surface area contributed by atoms with Crippen LogP contribution in [0.3, 0.4) is 0 Å². The SMILES string of the molecule is CNc1nc(C)nc(NC(C)CCc2ccccc2)c1C. The lowest BCUT2D eigenvalue weighted by Crippen LogP contribution is -2.19. The Morgan fingerprint density at radius 1 is 1.05 bits per heavy atom. The molecule has 2 aromatic rings. The van der Waals surface area contributed by atoms with Crippen molar-refractivity contribution in [3.05, 3.63) is 47.3 Å². The predicted molar refractivity (Wildman–Crippen MR) is 88.9 cm³/mol. The fourth-order valence-corrected chi connectivity index (χ4v) is 2.35. The van der Waals surface area contributed by atoms with E-state index in [0.717, 1.165) is 35.9 Å². The van der Waals surface area contributed by atoms with Crippen molar-refractivity contribution in [3.63, 3.8) is 0 Å². The molecule has 1 heterocycles. The van der Waals surface area contributed by atoms with Crippen LogP contribution in [0.4, 0.5) is 11.6 Å². The van der Waals surface area contributed by atoms with Crippen LogP contribution in [0.1, 0.15) is 30.3 Å². The normalized spacial score (nSPS) is 12.0. The summed E-state index contributed by atoms with van der Waals surface area (Å²) in [7, 11) is 1.89.